The zero-order valence-corrected chi connectivity index (χ0v) is 51.1. The van der Waals surface area contributed by atoms with Crippen LogP contribution in [0.1, 0.15) is 191 Å². The summed E-state index contributed by atoms with van der Waals surface area (Å²) in [6.45, 7) is 53.4. The van der Waals surface area contributed by atoms with E-state index in [0.717, 1.165) is 122 Å². The summed E-state index contributed by atoms with van der Waals surface area (Å²) in [5.41, 5.74) is 16.5. The lowest BCUT2D eigenvalue weighted by atomic mass is 9.80. The van der Waals surface area contributed by atoms with Crippen molar-refractivity contribution >= 4 is 60.4 Å². The van der Waals surface area contributed by atoms with Crippen molar-refractivity contribution < 1.29 is 25.8 Å². The van der Waals surface area contributed by atoms with Gasteiger partial charge < -0.3 is 25.8 Å². The van der Waals surface area contributed by atoms with Crippen LogP contribution in [0.5, 0.6) is 11.5 Å². The van der Waals surface area contributed by atoms with Crippen LogP contribution in [0.2, 0.25) is 0 Å². The van der Waals surface area contributed by atoms with Crippen LogP contribution in [0.4, 0.5) is 0 Å². The van der Waals surface area contributed by atoms with Gasteiger partial charge in [-0.05, 0) is 144 Å². The van der Waals surface area contributed by atoms with E-state index in [9.17, 15) is 0 Å². The first-order valence-electron chi connectivity index (χ1n) is 26.5. The molecule has 0 spiro atoms. The molecule has 8 heteroatoms. The Balaban J connectivity index is 1.52. The fourth-order valence-electron chi connectivity index (χ4n) is 10.3. The van der Waals surface area contributed by atoms with Gasteiger partial charge in [0.2, 0.25) is 0 Å². The van der Waals surface area contributed by atoms with E-state index in [2.05, 4.69) is 239 Å². The van der Waals surface area contributed by atoms with Crippen molar-refractivity contribution in [1.29, 1.82) is 0 Å². The number of benzene rings is 6. The lowest BCUT2D eigenvalue weighted by Crippen LogP contribution is -2.15. The Morgan fingerprint density at radius 1 is 0.270 bits per heavy atom. The van der Waals surface area contributed by atoms with Crippen molar-refractivity contribution in [2.24, 2.45) is 0 Å². The first-order chi connectivity index (χ1) is 33.9. The van der Waals surface area contributed by atoms with E-state index in [-0.39, 0.29) is 32.5 Å². The highest BCUT2D eigenvalue weighted by atomic mass is 31.1. The maximum Gasteiger partial charge on any atom is 0.453 e. The Morgan fingerprint density at radius 2 is 0.459 bits per heavy atom. The normalized spacial score (nSPS) is 13.1. The SMILES string of the molecule is Cc1cc(-c2cc(C)cc(C(C)(C)C)c2Op2oc3c(C(C)(C)C)cc(C)cc3c3cc(C)cc(C(C)(C)C)c3o2)c(Op2oc3c(C(C)(C)C)cc(C)cc3c3cc(C)cc(C(C)(C)C)c3o2)c(C(C)(C)C)c1. The summed E-state index contributed by atoms with van der Waals surface area (Å²) in [4.78, 5) is 0. The third-order valence-electron chi connectivity index (χ3n) is 14.1. The summed E-state index contributed by atoms with van der Waals surface area (Å²) < 4.78 is 44.5. The Bertz CT molecular complexity index is 3210. The molecule has 8 rings (SSSR count). The van der Waals surface area contributed by atoms with Gasteiger partial charge in [-0.2, -0.15) is 0 Å². The average molecular weight is 1040 g/mol. The average Bonchev–Trinajstić information content (AvgIpc) is 3.48. The highest BCUT2D eigenvalue weighted by molar-refractivity contribution is 7.32. The summed E-state index contributed by atoms with van der Waals surface area (Å²) in [7, 11) is -4.24. The molecular weight excluding hydrogens is 951 g/mol. The molecule has 0 radical (unpaired) electrons. The summed E-state index contributed by atoms with van der Waals surface area (Å²) in [5.74, 6) is 1.37. The zero-order valence-electron chi connectivity index (χ0n) is 49.3. The second-order valence-corrected chi connectivity index (χ2v) is 29.6. The van der Waals surface area contributed by atoms with Gasteiger partial charge in [-0.3, -0.25) is 0 Å². The van der Waals surface area contributed by atoms with E-state index in [1.165, 1.54) is 0 Å². The quantitative estimate of drug-likeness (QED) is 0.171. The molecule has 2 heterocycles. The van der Waals surface area contributed by atoms with E-state index in [0.29, 0.717) is 11.5 Å². The summed E-state index contributed by atoms with van der Waals surface area (Å²) >= 11 is 0. The van der Waals surface area contributed by atoms with E-state index >= 15 is 0 Å². The Hall–Kier alpha value is -5.28. The molecule has 0 amide bonds. The molecule has 0 aliphatic carbocycles. The lowest BCUT2D eigenvalue weighted by molar-refractivity contribution is 0.467. The maximum absolute atomic E-state index is 7.60. The van der Waals surface area contributed by atoms with E-state index in [1.807, 2.05) is 0 Å². The molecule has 0 atom stereocenters. The van der Waals surface area contributed by atoms with Crippen LogP contribution in [0.25, 0.3) is 55.0 Å². The Morgan fingerprint density at radius 3 is 0.662 bits per heavy atom. The van der Waals surface area contributed by atoms with Crippen LogP contribution >= 0.6 is 16.5 Å². The van der Waals surface area contributed by atoms with Gasteiger partial charge in [-0.1, -0.05) is 161 Å². The van der Waals surface area contributed by atoms with Gasteiger partial charge in [0.25, 0.3) is 0 Å². The second kappa shape index (κ2) is 18.8. The van der Waals surface area contributed by atoms with Crippen molar-refractivity contribution in [2.75, 3.05) is 0 Å². The third-order valence-corrected chi connectivity index (χ3v) is 16.1. The third kappa shape index (κ3) is 10.9. The molecule has 6 nitrogen and oxygen atoms in total. The standard InChI is InChI=1S/C66H84O6P2/c1-37-25-43-44-26-38(2)32-50(62(10,11)12)56(44)68-73(67-55(43)49(31-37)61(7,8)9)71-59-47(29-41(5)35-53(59)65(19,20)21)48-30-42(6)36-54(66(22,23)24)60(48)72-74-69-57-45(27-39(3)33-51(57)63(13,14)15)46-28-40(4)34-52(58(46)70-74)64(16,17)18/h25-36H,1-24H3. The van der Waals surface area contributed by atoms with Crippen LogP contribution in [0.3, 0.4) is 0 Å². The Labute approximate surface area is 444 Å². The van der Waals surface area contributed by atoms with Gasteiger partial charge >= 0.3 is 16.5 Å². The van der Waals surface area contributed by atoms with Crippen LogP contribution in [-0.4, -0.2) is 0 Å². The lowest BCUT2D eigenvalue weighted by Gasteiger charge is -2.28. The van der Waals surface area contributed by atoms with Crippen molar-refractivity contribution in [3.05, 3.63) is 140 Å². The summed E-state index contributed by atoms with van der Waals surface area (Å²) in [6.07, 6.45) is 0. The molecule has 394 valence electrons. The molecule has 0 fully saturated rings. The highest BCUT2D eigenvalue weighted by Gasteiger charge is 2.33. The first-order valence-corrected chi connectivity index (χ1v) is 28.7. The van der Waals surface area contributed by atoms with Crippen molar-refractivity contribution in [3.63, 3.8) is 0 Å². The molecule has 74 heavy (non-hydrogen) atoms. The van der Waals surface area contributed by atoms with E-state index in [4.69, 9.17) is 25.8 Å². The van der Waals surface area contributed by atoms with Gasteiger partial charge in [-0.25, -0.2) is 0 Å². The largest absolute Gasteiger partial charge is 0.453 e. The molecule has 0 saturated heterocycles. The minimum absolute atomic E-state index is 0.245. The van der Waals surface area contributed by atoms with Gasteiger partial charge in [-0.15, -0.1) is 0 Å². The summed E-state index contributed by atoms with van der Waals surface area (Å²) in [6, 6.07) is 27.0. The second-order valence-electron chi connectivity index (χ2n) is 27.6. The molecule has 0 unspecified atom stereocenters. The molecule has 0 N–H and O–H groups in total. The van der Waals surface area contributed by atoms with Crippen molar-refractivity contribution in [3.8, 4) is 22.6 Å². The Kier molecular flexibility index (Phi) is 13.9. The molecule has 6 aromatic carbocycles. The van der Waals surface area contributed by atoms with Crippen LogP contribution in [0.15, 0.2) is 89.6 Å². The topological polar surface area (TPSA) is 71.0 Å². The van der Waals surface area contributed by atoms with Gasteiger partial charge in [0.05, 0.1) is 0 Å². The molecule has 0 saturated carbocycles. The predicted octanol–water partition coefficient (Wildman–Crippen LogP) is 21.9. The fourth-order valence-corrected chi connectivity index (χ4v) is 12.6. The van der Waals surface area contributed by atoms with Crippen molar-refractivity contribution in [1.82, 2.24) is 0 Å². The maximum atomic E-state index is 7.60. The number of fused-ring (bicyclic) bond motifs is 6. The fraction of sp³-hybridized carbons (Fsp3) is 0.455. The molecule has 2 aromatic heterocycles. The van der Waals surface area contributed by atoms with E-state index < -0.39 is 16.5 Å². The number of hydrogen-bond donors (Lipinski definition) is 0. The minimum atomic E-state index is -2.12. The molecule has 0 bridgehead atoms. The van der Waals surface area contributed by atoms with E-state index in [1.54, 1.807) is 0 Å². The van der Waals surface area contributed by atoms with Crippen LogP contribution in [-0.2, 0) is 32.5 Å². The number of rotatable bonds is 5. The monoisotopic (exact) mass is 1030 g/mol. The van der Waals surface area contributed by atoms with Crippen molar-refractivity contribution in [2.45, 2.75) is 199 Å². The number of aryl methyl sites for hydroxylation is 6. The summed E-state index contributed by atoms with van der Waals surface area (Å²) in [5, 5.41) is 4.06. The van der Waals surface area contributed by atoms with Crippen LogP contribution < -0.4 is 9.05 Å². The minimum Gasteiger partial charge on any atom is -0.390 e. The van der Waals surface area contributed by atoms with Crippen LogP contribution in [0, 0.1) is 41.5 Å². The predicted molar refractivity (Wildman–Crippen MR) is 317 cm³/mol. The zero-order chi connectivity index (χ0) is 54.7. The first kappa shape index (κ1) is 55.0. The molecule has 8 aromatic rings. The molecular formula is C66H84O6P2. The van der Waals surface area contributed by atoms with Gasteiger partial charge in [0.1, 0.15) is 33.8 Å². The molecule has 0 aliphatic heterocycles. The molecule has 0 aliphatic rings. The highest BCUT2D eigenvalue weighted by Crippen LogP contribution is 2.54. The number of hydrogen-bond acceptors (Lipinski definition) is 6. The van der Waals surface area contributed by atoms with Gasteiger partial charge in [0.15, 0.2) is 0 Å². The van der Waals surface area contributed by atoms with Gasteiger partial charge in [0, 0.05) is 66.1 Å². The smallest absolute Gasteiger partial charge is 0.390 e.